The van der Waals surface area contributed by atoms with Crippen molar-refractivity contribution in [2.24, 2.45) is 0 Å². The van der Waals surface area contributed by atoms with Crippen molar-refractivity contribution in [3.63, 3.8) is 0 Å². The fourth-order valence-electron chi connectivity index (χ4n) is 2.02. The molecule has 0 spiro atoms. The number of benzene rings is 1. The first-order valence-electron chi connectivity index (χ1n) is 5.99. The Morgan fingerprint density at radius 3 is 1.94 bits per heavy atom. The monoisotopic (exact) mass is 216 g/mol. The van der Waals surface area contributed by atoms with Crippen molar-refractivity contribution in [2.45, 2.75) is 40.0 Å². The fourth-order valence-corrected chi connectivity index (χ4v) is 2.02. The van der Waals surface area contributed by atoms with Crippen LogP contribution in [0.25, 0.3) is 0 Å². The second-order valence-electron chi connectivity index (χ2n) is 3.92. The smallest absolute Gasteiger partial charge is 0.185 e. The Labute approximate surface area is 98.2 Å². The van der Waals surface area contributed by atoms with Crippen LogP contribution in [0, 0.1) is 0 Å². The quantitative estimate of drug-likeness (QED) is 0.541. The molecule has 0 N–H and O–H groups in total. The van der Waals surface area contributed by atoms with Crippen molar-refractivity contribution >= 4 is 5.78 Å². The van der Waals surface area contributed by atoms with Crippen LogP contribution in [0.1, 0.15) is 47.8 Å². The predicted molar refractivity (Wildman–Crippen MR) is 69.1 cm³/mol. The molecule has 0 saturated carbocycles. The minimum absolute atomic E-state index is 0.0522. The molecule has 0 aliphatic rings. The number of allylic oxidation sites excluding steroid dienone is 1. The lowest BCUT2D eigenvalue weighted by Gasteiger charge is -2.13. The normalized spacial score (nSPS) is 10.2. The van der Waals surface area contributed by atoms with E-state index in [1.807, 2.05) is 0 Å². The van der Waals surface area contributed by atoms with Crippen LogP contribution in [0.3, 0.4) is 0 Å². The Balaban J connectivity index is 3.42. The summed E-state index contributed by atoms with van der Waals surface area (Å²) in [5.74, 6) is 0.0522. The molecule has 16 heavy (non-hydrogen) atoms. The Bertz CT molecular complexity index is 377. The van der Waals surface area contributed by atoms with Crippen molar-refractivity contribution in [3.8, 4) is 0 Å². The van der Waals surface area contributed by atoms with Gasteiger partial charge in [0.1, 0.15) is 0 Å². The average Bonchev–Trinajstić information content (AvgIpc) is 2.35. The molecule has 0 bridgehead atoms. The molecular weight excluding hydrogens is 196 g/mol. The molecule has 0 aromatic heterocycles. The Kier molecular flexibility index (Phi) is 4.48. The Morgan fingerprint density at radius 1 is 1.12 bits per heavy atom. The van der Waals surface area contributed by atoms with Crippen molar-refractivity contribution in [1.82, 2.24) is 0 Å². The summed E-state index contributed by atoms with van der Waals surface area (Å²) in [4.78, 5) is 11.9. The zero-order chi connectivity index (χ0) is 12.1. The highest BCUT2D eigenvalue weighted by molar-refractivity contribution is 6.06. The van der Waals surface area contributed by atoms with E-state index in [-0.39, 0.29) is 5.78 Å². The summed E-state index contributed by atoms with van der Waals surface area (Å²) in [5, 5.41) is 0. The van der Waals surface area contributed by atoms with Crippen LogP contribution in [-0.2, 0) is 19.3 Å². The molecule has 1 aromatic rings. The van der Waals surface area contributed by atoms with Gasteiger partial charge in [0.15, 0.2) is 5.78 Å². The molecule has 0 aliphatic heterocycles. The van der Waals surface area contributed by atoms with Crippen LogP contribution < -0.4 is 0 Å². The highest BCUT2D eigenvalue weighted by Crippen LogP contribution is 2.21. The number of rotatable bonds is 5. The minimum Gasteiger partial charge on any atom is -0.289 e. The molecule has 1 aromatic carbocycles. The summed E-state index contributed by atoms with van der Waals surface area (Å²) in [6, 6.07) is 4.30. The molecule has 0 fully saturated rings. The van der Waals surface area contributed by atoms with Crippen molar-refractivity contribution in [3.05, 3.63) is 47.0 Å². The van der Waals surface area contributed by atoms with Gasteiger partial charge in [0.25, 0.3) is 0 Å². The lowest BCUT2D eigenvalue weighted by molar-refractivity contribution is 0.104. The van der Waals surface area contributed by atoms with E-state index in [1.165, 1.54) is 11.6 Å². The van der Waals surface area contributed by atoms with Crippen LogP contribution in [0.2, 0.25) is 0 Å². The van der Waals surface area contributed by atoms with Crippen LogP contribution in [0.5, 0.6) is 0 Å². The number of carbonyl (C=O) groups is 1. The lowest BCUT2D eigenvalue weighted by atomic mass is 9.91. The van der Waals surface area contributed by atoms with Crippen LogP contribution >= 0.6 is 0 Å². The molecule has 0 aliphatic carbocycles. The first-order chi connectivity index (χ1) is 7.67. The first kappa shape index (κ1) is 12.7. The van der Waals surface area contributed by atoms with E-state index in [9.17, 15) is 4.79 Å². The summed E-state index contributed by atoms with van der Waals surface area (Å²) < 4.78 is 0. The van der Waals surface area contributed by atoms with Gasteiger partial charge in [0, 0.05) is 5.56 Å². The highest BCUT2D eigenvalue weighted by atomic mass is 16.1. The lowest BCUT2D eigenvalue weighted by Crippen LogP contribution is -2.06. The molecule has 0 radical (unpaired) electrons. The van der Waals surface area contributed by atoms with E-state index in [0.717, 1.165) is 36.0 Å². The van der Waals surface area contributed by atoms with Gasteiger partial charge in [-0.1, -0.05) is 39.5 Å². The number of ketones is 1. The van der Waals surface area contributed by atoms with Crippen molar-refractivity contribution in [2.75, 3.05) is 0 Å². The average molecular weight is 216 g/mol. The largest absolute Gasteiger partial charge is 0.289 e. The highest BCUT2D eigenvalue weighted by Gasteiger charge is 2.13. The summed E-state index contributed by atoms with van der Waals surface area (Å²) in [7, 11) is 0. The molecule has 0 saturated heterocycles. The molecule has 1 rings (SSSR count). The van der Waals surface area contributed by atoms with Gasteiger partial charge in [-0.15, -0.1) is 0 Å². The van der Waals surface area contributed by atoms with Gasteiger partial charge in [-0.25, -0.2) is 0 Å². The second-order valence-corrected chi connectivity index (χ2v) is 3.92. The number of carbonyl (C=O) groups excluding carboxylic acids is 1. The molecular formula is C15H20O. The number of hydrogen-bond donors (Lipinski definition) is 0. The summed E-state index contributed by atoms with van der Waals surface area (Å²) >= 11 is 0. The van der Waals surface area contributed by atoms with E-state index >= 15 is 0 Å². The third-order valence-corrected chi connectivity index (χ3v) is 2.96. The molecule has 0 amide bonds. The van der Waals surface area contributed by atoms with Gasteiger partial charge >= 0.3 is 0 Å². The van der Waals surface area contributed by atoms with E-state index in [4.69, 9.17) is 0 Å². The van der Waals surface area contributed by atoms with Gasteiger partial charge in [-0.3, -0.25) is 4.79 Å². The summed E-state index contributed by atoms with van der Waals surface area (Å²) in [6.07, 6.45) is 4.23. The maximum absolute atomic E-state index is 11.9. The SMILES string of the molecule is C=CC(=O)c1c(CC)cc(CC)cc1CC. The number of hydrogen-bond acceptors (Lipinski definition) is 1. The van der Waals surface area contributed by atoms with Gasteiger partial charge < -0.3 is 0 Å². The van der Waals surface area contributed by atoms with Crippen molar-refractivity contribution in [1.29, 1.82) is 0 Å². The summed E-state index contributed by atoms with van der Waals surface area (Å²) in [6.45, 7) is 9.91. The van der Waals surface area contributed by atoms with Crippen LogP contribution in [0.15, 0.2) is 24.8 Å². The van der Waals surface area contributed by atoms with E-state index in [2.05, 4.69) is 39.5 Å². The van der Waals surface area contributed by atoms with Gasteiger partial charge in [-0.05, 0) is 42.0 Å². The van der Waals surface area contributed by atoms with Crippen LogP contribution in [0.4, 0.5) is 0 Å². The molecule has 1 nitrogen and oxygen atoms in total. The predicted octanol–water partition coefficient (Wildman–Crippen LogP) is 3.74. The standard InChI is InChI=1S/C15H20O/c1-5-11-9-12(6-2)15(14(16)8-4)13(7-3)10-11/h8-10H,4-7H2,1-3H3. The van der Waals surface area contributed by atoms with E-state index in [0.29, 0.717) is 0 Å². The number of aryl methyl sites for hydroxylation is 3. The first-order valence-corrected chi connectivity index (χ1v) is 5.99. The Morgan fingerprint density at radius 2 is 1.62 bits per heavy atom. The molecule has 1 heteroatoms. The third kappa shape index (κ3) is 2.41. The molecule has 86 valence electrons. The summed E-state index contributed by atoms with van der Waals surface area (Å²) in [5.41, 5.74) is 4.49. The molecule has 0 heterocycles. The van der Waals surface area contributed by atoms with Crippen LogP contribution in [-0.4, -0.2) is 5.78 Å². The van der Waals surface area contributed by atoms with E-state index in [1.54, 1.807) is 0 Å². The zero-order valence-corrected chi connectivity index (χ0v) is 10.5. The second kappa shape index (κ2) is 5.64. The minimum atomic E-state index is 0.0522. The van der Waals surface area contributed by atoms with E-state index < -0.39 is 0 Å². The van der Waals surface area contributed by atoms with Gasteiger partial charge in [0.05, 0.1) is 0 Å². The Hall–Kier alpha value is -1.37. The third-order valence-electron chi connectivity index (χ3n) is 2.96. The molecule has 0 unspecified atom stereocenters. The fraction of sp³-hybridized carbons (Fsp3) is 0.400. The zero-order valence-electron chi connectivity index (χ0n) is 10.5. The van der Waals surface area contributed by atoms with Crippen molar-refractivity contribution < 1.29 is 4.79 Å². The topological polar surface area (TPSA) is 17.1 Å². The maximum Gasteiger partial charge on any atom is 0.185 e. The van der Waals surface area contributed by atoms with Gasteiger partial charge in [-0.2, -0.15) is 0 Å². The van der Waals surface area contributed by atoms with Gasteiger partial charge in [0.2, 0.25) is 0 Å². The maximum atomic E-state index is 11.9. The molecule has 0 atom stereocenters.